The molecule has 0 spiro atoms. The van der Waals surface area contributed by atoms with Crippen LogP contribution in [0.1, 0.15) is 54.9 Å². The van der Waals surface area contributed by atoms with Crippen LogP contribution in [0.15, 0.2) is 53.8 Å². The van der Waals surface area contributed by atoms with E-state index in [9.17, 15) is 9.59 Å². The largest absolute Gasteiger partial charge is 0.498 e. The second kappa shape index (κ2) is 9.88. The molecule has 5 nitrogen and oxygen atoms in total. The Morgan fingerprint density at radius 3 is 2.38 bits per heavy atom. The van der Waals surface area contributed by atoms with Crippen LogP contribution >= 0.6 is 0 Å². The van der Waals surface area contributed by atoms with Crippen LogP contribution in [0.25, 0.3) is 5.76 Å². The van der Waals surface area contributed by atoms with Gasteiger partial charge in [0.15, 0.2) is 0 Å². The van der Waals surface area contributed by atoms with Crippen molar-refractivity contribution in [1.82, 2.24) is 0 Å². The number of nitrogens with zero attached hydrogens (tertiary/aromatic N) is 1. The lowest BCUT2D eigenvalue weighted by Gasteiger charge is -2.19. The molecule has 29 heavy (non-hydrogen) atoms. The molecule has 3 rings (SSSR count). The molecule has 1 unspecified atom stereocenters. The third-order valence-corrected chi connectivity index (χ3v) is 5.09. The van der Waals surface area contributed by atoms with Crippen LogP contribution in [-0.4, -0.2) is 24.8 Å². The maximum atomic E-state index is 11.9. The molecule has 150 valence electrons. The summed E-state index contributed by atoms with van der Waals surface area (Å²) in [5, 5.41) is 8.93. The Labute approximate surface area is 171 Å². The third-order valence-electron chi connectivity index (χ3n) is 5.09. The van der Waals surface area contributed by atoms with Crippen molar-refractivity contribution in [2.45, 2.75) is 39.0 Å². The van der Waals surface area contributed by atoms with E-state index in [1.165, 1.54) is 6.08 Å². The van der Waals surface area contributed by atoms with Crippen molar-refractivity contribution < 1.29 is 19.1 Å². The van der Waals surface area contributed by atoms with Gasteiger partial charge in [0, 0.05) is 28.7 Å². The molecule has 0 saturated carbocycles. The highest BCUT2D eigenvalue weighted by Gasteiger charge is 2.26. The van der Waals surface area contributed by atoms with E-state index in [0.717, 1.165) is 43.4 Å². The number of unbranched alkanes of at least 4 members (excludes halogenated alkanes) is 3. The summed E-state index contributed by atoms with van der Waals surface area (Å²) in [6.07, 6.45) is 9.63. The fraction of sp³-hybridized carbons (Fsp3) is 0.375. The van der Waals surface area contributed by atoms with Gasteiger partial charge in [0.1, 0.15) is 5.76 Å². The minimum Gasteiger partial charge on any atom is -0.498 e. The molecule has 0 N–H and O–H groups in total. The minimum absolute atomic E-state index is 0.254. The van der Waals surface area contributed by atoms with Crippen LogP contribution in [0.3, 0.4) is 0 Å². The number of fused-ring (bicyclic) bond motifs is 1. The summed E-state index contributed by atoms with van der Waals surface area (Å²) in [6.45, 7) is 3.25. The number of benzene rings is 1. The van der Waals surface area contributed by atoms with Gasteiger partial charge in [-0.05, 0) is 44.3 Å². The highest BCUT2D eigenvalue weighted by molar-refractivity contribution is 6.50. The Balaban J connectivity index is 1.34. The Bertz CT molecular complexity index is 917. The van der Waals surface area contributed by atoms with Crippen molar-refractivity contribution in [3.05, 3.63) is 65.0 Å². The van der Waals surface area contributed by atoms with Gasteiger partial charge in [0.2, 0.25) is 11.6 Å². The number of rotatable bonds is 9. The van der Waals surface area contributed by atoms with Gasteiger partial charge in [-0.1, -0.05) is 31.2 Å². The maximum absolute atomic E-state index is 11.9. The molecule has 0 fully saturated rings. The first-order chi connectivity index (χ1) is 14.1. The van der Waals surface area contributed by atoms with Crippen molar-refractivity contribution in [1.29, 1.82) is 5.26 Å². The van der Waals surface area contributed by atoms with Gasteiger partial charge in [0.05, 0.1) is 25.0 Å². The number of carbonyl (C=O) groups excluding carboxylic acids is 2. The molecule has 0 bridgehead atoms. The monoisotopic (exact) mass is 391 g/mol. The van der Waals surface area contributed by atoms with Gasteiger partial charge >= 0.3 is 0 Å². The Hall–Kier alpha value is -3.13. The van der Waals surface area contributed by atoms with Crippen LogP contribution in [0, 0.1) is 17.2 Å². The van der Waals surface area contributed by atoms with E-state index in [2.05, 4.69) is 13.0 Å². The lowest BCUT2D eigenvalue weighted by Crippen LogP contribution is -2.19. The Kier molecular flexibility index (Phi) is 7.02. The summed E-state index contributed by atoms with van der Waals surface area (Å²) in [5.74, 6) is 0.684. The van der Waals surface area contributed by atoms with Crippen molar-refractivity contribution in [2.75, 3.05) is 13.2 Å². The summed E-state index contributed by atoms with van der Waals surface area (Å²) in [7, 11) is 0. The molecular weight excluding hydrogens is 366 g/mol. The van der Waals surface area contributed by atoms with Crippen LogP contribution in [0.2, 0.25) is 0 Å². The van der Waals surface area contributed by atoms with Gasteiger partial charge in [-0.15, -0.1) is 0 Å². The van der Waals surface area contributed by atoms with Crippen LogP contribution in [0.4, 0.5) is 0 Å². The summed E-state index contributed by atoms with van der Waals surface area (Å²) in [4.78, 5) is 23.7. The number of hydrogen-bond acceptors (Lipinski definition) is 5. The van der Waals surface area contributed by atoms with E-state index in [1.807, 2.05) is 18.2 Å². The SMILES string of the molecule is CC1CC(C#N)=CC=C1OCCCCCCOC1=CC(=O)C(=O)c2ccccc21. The zero-order valence-electron chi connectivity index (χ0n) is 16.6. The predicted octanol–water partition coefficient (Wildman–Crippen LogP) is 4.76. The average molecular weight is 391 g/mol. The molecule has 0 saturated heterocycles. The van der Waals surface area contributed by atoms with E-state index in [1.54, 1.807) is 18.2 Å². The number of Topliss-reactive ketones (excluding diaryl/α,β-unsaturated/α-hetero) is 1. The summed E-state index contributed by atoms with van der Waals surface area (Å²) in [6, 6.07) is 9.24. The van der Waals surface area contributed by atoms with Gasteiger partial charge < -0.3 is 9.47 Å². The molecule has 2 aliphatic rings. The predicted molar refractivity (Wildman–Crippen MR) is 110 cm³/mol. The van der Waals surface area contributed by atoms with E-state index in [4.69, 9.17) is 14.7 Å². The van der Waals surface area contributed by atoms with Gasteiger partial charge in [0.25, 0.3) is 0 Å². The number of carbonyl (C=O) groups is 2. The topological polar surface area (TPSA) is 76.4 Å². The third kappa shape index (κ3) is 5.23. The first kappa shape index (κ1) is 20.6. The molecule has 0 amide bonds. The van der Waals surface area contributed by atoms with Gasteiger partial charge in [-0.3, -0.25) is 9.59 Å². The molecule has 5 heteroatoms. The van der Waals surface area contributed by atoms with E-state index in [0.29, 0.717) is 30.1 Å². The summed E-state index contributed by atoms with van der Waals surface area (Å²) >= 11 is 0. The van der Waals surface area contributed by atoms with E-state index < -0.39 is 11.6 Å². The number of nitriles is 1. The number of ketones is 2. The lowest BCUT2D eigenvalue weighted by molar-refractivity contribution is -0.111. The normalized spacial score (nSPS) is 18.2. The molecule has 1 atom stereocenters. The molecular formula is C24H25NO4. The number of allylic oxidation sites excluding steroid dienone is 5. The second-order valence-electron chi connectivity index (χ2n) is 7.34. The Morgan fingerprint density at radius 1 is 1.00 bits per heavy atom. The average Bonchev–Trinajstić information content (AvgIpc) is 2.74. The molecule has 0 radical (unpaired) electrons. The fourth-order valence-electron chi connectivity index (χ4n) is 3.46. The van der Waals surface area contributed by atoms with Crippen molar-refractivity contribution in [3.8, 4) is 6.07 Å². The quantitative estimate of drug-likeness (QED) is 0.448. The zero-order valence-corrected chi connectivity index (χ0v) is 16.6. The smallest absolute Gasteiger partial charge is 0.233 e. The minimum atomic E-state index is -0.529. The molecule has 0 aliphatic heterocycles. The molecule has 0 aromatic heterocycles. The first-order valence-corrected chi connectivity index (χ1v) is 10.1. The molecule has 2 aliphatic carbocycles. The van der Waals surface area contributed by atoms with Crippen molar-refractivity contribution in [2.24, 2.45) is 5.92 Å². The molecule has 1 aromatic rings. The van der Waals surface area contributed by atoms with Crippen LogP contribution in [-0.2, 0) is 14.3 Å². The van der Waals surface area contributed by atoms with Crippen molar-refractivity contribution in [3.63, 3.8) is 0 Å². The number of hydrogen-bond donors (Lipinski definition) is 0. The fourth-order valence-corrected chi connectivity index (χ4v) is 3.46. The summed E-state index contributed by atoms with van der Waals surface area (Å²) in [5.41, 5.74) is 1.90. The van der Waals surface area contributed by atoms with Gasteiger partial charge in [-0.25, -0.2) is 0 Å². The highest BCUT2D eigenvalue weighted by atomic mass is 16.5. The zero-order chi connectivity index (χ0) is 20.6. The van der Waals surface area contributed by atoms with E-state index in [-0.39, 0.29) is 5.92 Å². The van der Waals surface area contributed by atoms with E-state index >= 15 is 0 Å². The molecule has 0 heterocycles. The van der Waals surface area contributed by atoms with Gasteiger partial charge in [-0.2, -0.15) is 5.26 Å². The van der Waals surface area contributed by atoms with Crippen LogP contribution in [0.5, 0.6) is 0 Å². The van der Waals surface area contributed by atoms with Crippen LogP contribution < -0.4 is 0 Å². The number of ether oxygens (including phenoxy) is 2. The Morgan fingerprint density at radius 2 is 1.69 bits per heavy atom. The second-order valence-corrected chi connectivity index (χ2v) is 7.34. The lowest BCUT2D eigenvalue weighted by atomic mass is 9.94. The molecule has 1 aromatic carbocycles. The highest BCUT2D eigenvalue weighted by Crippen LogP contribution is 2.27. The summed E-state index contributed by atoms with van der Waals surface area (Å²) < 4.78 is 11.6. The van der Waals surface area contributed by atoms with Crippen molar-refractivity contribution >= 4 is 17.3 Å². The first-order valence-electron chi connectivity index (χ1n) is 10.1. The maximum Gasteiger partial charge on any atom is 0.233 e. The standard InChI is InChI=1S/C24H25NO4/c1-17-14-18(16-25)10-11-22(17)28-12-6-2-3-7-13-29-23-15-21(26)24(27)20-9-5-4-8-19(20)23/h4-5,8-11,15,17H,2-3,6-7,12-14H2,1H3.